The number of nitriles is 1. The van der Waals surface area contributed by atoms with E-state index in [2.05, 4.69) is 31.0 Å². The number of aromatic nitrogens is 1. The first-order valence-electron chi connectivity index (χ1n) is 7.15. The Kier molecular flexibility index (Phi) is 3.85. The van der Waals surface area contributed by atoms with Gasteiger partial charge in [-0.3, -0.25) is 4.79 Å². The van der Waals surface area contributed by atoms with E-state index in [4.69, 9.17) is 5.26 Å². The van der Waals surface area contributed by atoms with Gasteiger partial charge in [0.25, 0.3) is 5.91 Å². The van der Waals surface area contributed by atoms with Gasteiger partial charge in [0, 0.05) is 12.6 Å². The van der Waals surface area contributed by atoms with Gasteiger partial charge < -0.3 is 4.57 Å². The lowest BCUT2D eigenvalue weighted by atomic mass is 10.1. The molecular formula is C18H15N3OS. The molecule has 0 fully saturated rings. The Hall–Kier alpha value is -2.71. The lowest BCUT2D eigenvalue weighted by Gasteiger charge is -2.00. The Morgan fingerprint density at radius 2 is 1.83 bits per heavy atom. The van der Waals surface area contributed by atoms with E-state index in [0.29, 0.717) is 15.9 Å². The van der Waals surface area contributed by atoms with Gasteiger partial charge in [0.1, 0.15) is 0 Å². The van der Waals surface area contributed by atoms with Gasteiger partial charge in [-0.05, 0) is 61.4 Å². The van der Waals surface area contributed by atoms with E-state index < -0.39 is 0 Å². The first-order valence-corrected chi connectivity index (χ1v) is 7.97. The minimum atomic E-state index is -0.301. The molecular weight excluding hydrogens is 306 g/mol. The Morgan fingerprint density at radius 1 is 1.17 bits per heavy atom. The summed E-state index contributed by atoms with van der Waals surface area (Å²) in [6, 6.07) is 12.8. The fourth-order valence-electron chi connectivity index (χ4n) is 2.32. The van der Waals surface area contributed by atoms with Gasteiger partial charge in [-0.25, -0.2) is 0 Å². The summed E-state index contributed by atoms with van der Waals surface area (Å²) < 4.78 is 3.05. The predicted molar refractivity (Wildman–Crippen MR) is 91.3 cm³/mol. The van der Waals surface area contributed by atoms with Gasteiger partial charge in [0.05, 0.1) is 21.8 Å². The third-order valence-electron chi connectivity index (χ3n) is 3.88. The van der Waals surface area contributed by atoms with Crippen LogP contribution in [0.1, 0.15) is 27.0 Å². The van der Waals surface area contributed by atoms with Crippen molar-refractivity contribution in [3.8, 4) is 6.07 Å². The minimum Gasteiger partial charge on any atom is -0.319 e. The summed E-state index contributed by atoms with van der Waals surface area (Å²) in [5, 5.41) is 8.80. The SMILES string of the molecule is Cc1cc2sc(=NC(=O)c3ccc(C#N)cc3)n(C)c2cc1C. The number of benzene rings is 2. The molecule has 23 heavy (non-hydrogen) atoms. The third kappa shape index (κ3) is 2.81. The number of aryl methyl sites for hydroxylation is 3. The van der Waals surface area contributed by atoms with Crippen molar-refractivity contribution in [1.29, 1.82) is 5.26 Å². The number of nitrogens with zero attached hydrogens (tertiary/aromatic N) is 3. The smallest absolute Gasteiger partial charge is 0.279 e. The maximum absolute atomic E-state index is 12.3. The van der Waals surface area contributed by atoms with Crippen LogP contribution in [0.4, 0.5) is 0 Å². The van der Waals surface area contributed by atoms with Gasteiger partial charge in [-0.15, -0.1) is 0 Å². The topological polar surface area (TPSA) is 58.1 Å². The second-order valence-corrected chi connectivity index (χ2v) is 6.46. The molecule has 0 saturated carbocycles. The molecule has 3 aromatic rings. The highest BCUT2D eigenvalue weighted by Crippen LogP contribution is 2.21. The maximum atomic E-state index is 12.3. The van der Waals surface area contributed by atoms with Crippen LogP contribution < -0.4 is 4.80 Å². The second kappa shape index (κ2) is 5.82. The van der Waals surface area contributed by atoms with Crippen molar-refractivity contribution < 1.29 is 4.79 Å². The summed E-state index contributed by atoms with van der Waals surface area (Å²) in [5.74, 6) is -0.301. The summed E-state index contributed by atoms with van der Waals surface area (Å²) in [4.78, 5) is 17.2. The first-order chi connectivity index (χ1) is 11.0. The Labute approximate surface area is 138 Å². The van der Waals surface area contributed by atoms with Gasteiger partial charge >= 0.3 is 0 Å². The number of rotatable bonds is 1. The largest absolute Gasteiger partial charge is 0.319 e. The molecule has 1 amide bonds. The van der Waals surface area contributed by atoms with E-state index in [1.807, 2.05) is 17.7 Å². The van der Waals surface area contributed by atoms with Gasteiger partial charge in [0.15, 0.2) is 4.80 Å². The lowest BCUT2D eigenvalue weighted by molar-refractivity contribution is 0.0998. The van der Waals surface area contributed by atoms with Crippen LogP contribution in [-0.4, -0.2) is 10.5 Å². The standard InChI is InChI=1S/C18H15N3OS/c1-11-8-15-16(9-12(11)2)23-18(21(15)3)20-17(22)14-6-4-13(10-19)5-7-14/h4-9H,1-3H3. The maximum Gasteiger partial charge on any atom is 0.279 e. The number of amides is 1. The predicted octanol–water partition coefficient (Wildman–Crippen LogP) is 3.47. The van der Waals surface area contributed by atoms with E-state index in [0.717, 1.165) is 10.2 Å². The zero-order chi connectivity index (χ0) is 16.6. The zero-order valence-corrected chi connectivity index (χ0v) is 13.9. The van der Waals surface area contributed by atoms with Crippen molar-refractivity contribution in [3.05, 3.63) is 63.5 Å². The highest BCUT2D eigenvalue weighted by molar-refractivity contribution is 7.16. The van der Waals surface area contributed by atoms with Crippen LogP contribution in [0.15, 0.2) is 41.4 Å². The van der Waals surface area contributed by atoms with E-state index in [9.17, 15) is 4.79 Å². The van der Waals surface area contributed by atoms with Crippen molar-refractivity contribution in [2.75, 3.05) is 0 Å². The number of thiazole rings is 1. The molecule has 0 aliphatic rings. The average molecular weight is 321 g/mol. The molecule has 0 aliphatic heterocycles. The van der Waals surface area contributed by atoms with E-state index in [-0.39, 0.29) is 5.91 Å². The zero-order valence-electron chi connectivity index (χ0n) is 13.1. The number of hydrogen-bond donors (Lipinski definition) is 0. The number of carbonyl (C=O) groups is 1. The van der Waals surface area contributed by atoms with Gasteiger partial charge in [-0.2, -0.15) is 10.3 Å². The summed E-state index contributed by atoms with van der Waals surface area (Å²) in [6.45, 7) is 4.15. The molecule has 3 rings (SSSR count). The number of fused-ring (bicyclic) bond motifs is 1. The fraction of sp³-hybridized carbons (Fsp3) is 0.167. The van der Waals surface area contributed by atoms with E-state index in [1.165, 1.54) is 22.5 Å². The van der Waals surface area contributed by atoms with Crippen LogP contribution in [0.2, 0.25) is 0 Å². The highest BCUT2D eigenvalue weighted by atomic mass is 32.1. The molecule has 2 aromatic carbocycles. The second-order valence-electron chi connectivity index (χ2n) is 5.45. The van der Waals surface area contributed by atoms with E-state index >= 15 is 0 Å². The number of hydrogen-bond acceptors (Lipinski definition) is 3. The molecule has 114 valence electrons. The summed E-state index contributed by atoms with van der Waals surface area (Å²) >= 11 is 1.50. The summed E-state index contributed by atoms with van der Waals surface area (Å²) in [5.41, 5.74) is 4.53. The Morgan fingerprint density at radius 3 is 2.48 bits per heavy atom. The Bertz CT molecular complexity index is 1020. The summed E-state index contributed by atoms with van der Waals surface area (Å²) in [6.07, 6.45) is 0. The van der Waals surface area contributed by atoms with Crippen LogP contribution in [0.25, 0.3) is 10.2 Å². The molecule has 1 heterocycles. The molecule has 0 N–H and O–H groups in total. The average Bonchev–Trinajstić information content (AvgIpc) is 2.84. The van der Waals surface area contributed by atoms with Crippen molar-refractivity contribution in [1.82, 2.24) is 4.57 Å². The van der Waals surface area contributed by atoms with Crippen molar-refractivity contribution in [3.63, 3.8) is 0 Å². The molecule has 0 radical (unpaired) electrons. The van der Waals surface area contributed by atoms with Crippen molar-refractivity contribution >= 4 is 27.5 Å². The molecule has 4 nitrogen and oxygen atoms in total. The molecule has 0 spiro atoms. The lowest BCUT2D eigenvalue weighted by Crippen LogP contribution is -2.13. The van der Waals surface area contributed by atoms with Crippen LogP contribution in [-0.2, 0) is 7.05 Å². The van der Waals surface area contributed by atoms with Crippen LogP contribution in [0, 0.1) is 25.2 Å². The highest BCUT2D eigenvalue weighted by Gasteiger charge is 2.08. The molecule has 5 heteroatoms. The van der Waals surface area contributed by atoms with Crippen LogP contribution in [0.5, 0.6) is 0 Å². The van der Waals surface area contributed by atoms with Crippen LogP contribution >= 0.6 is 11.3 Å². The monoisotopic (exact) mass is 321 g/mol. The first kappa shape index (κ1) is 15.2. The van der Waals surface area contributed by atoms with Gasteiger partial charge in [-0.1, -0.05) is 11.3 Å². The third-order valence-corrected chi connectivity index (χ3v) is 4.98. The van der Waals surface area contributed by atoms with E-state index in [1.54, 1.807) is 24.3 Å². The van der Waals surface area contributed by atoms with Gasteiger partial charge in [0.2, 0.25) is 0 Å². The van der Waals surface area contributed by atoms with Crippen LogP contribution in [0.3, 0.4) is 0 Å². The number of carbonyl (C=O) groups excluding carboxylic acids is 1. The molecule has 0 atom stereocenters. The fourth-order valence-corrected chi connectivity index (χ4v) is 3.42. The molecule has 0 aliphatic carbocycles. The quantitative estimate of drug-likeness (QED) is 0.689. The molecule has 0 unspecified atom stereocenters. The minimum absolute atomic E-state index is 0.301. The molecule has 1 aromatic heterocycles. The molecule has 0 saturated heterocycles. The molecule has 0 bridgehead atoms. The van der Waals surface area contributed by atoms with Crippen molar-refractivity contribution in [2.24, 2.45) is 12.0 Å². The Balaban J connectivity index is 2.08. The summed E-state index contributed by atoms with van der Waals surface area (Å²) in [7, 11) is 1.92. The normalized spacial score (nSPS) is 11.7. The van der Waals surface area contributed by atoms with Crippen molar-refractivity contribution in [2.45, 2.75) is 13.8 Å².